The van der Waals surface area contributed by atoms with Gasteiger partial charge in [-0.25, -0.2) is 4.98 Å². The van der Waals surface area contributed by atoms with E-state index in [1.165, 1.54) is 5.70 Å². The van der Waals surface area contributed by atoms with Gasteiger partial charge in [-0.05, 0) is 50.5 Å². The summed E-state index contributed by atoms with van der Waals surface area (Å²) >= 11 is 0. The Bertz CT molecular complexity index is 909. The minimum atomic E-state index is 0.0200. The first-order valence-corrected chi connectivity index (χ1v) is 9.41. The van der Waals surface area contributed by atoms with E-state index in [2.05, 4.69) is 31.3 Å². The van der Waals surface area contributed by atoms with Gasteiger partial charge in [-0.1, -0.05) is 0 Å². The molecule has 27 heavy (non-hydrogen) atoms. The minimum Gasteiger partial charge on any atom is -0.383 e. The van der Waals surface area contributed by atoms with E-state index in [0.717, 1.165) is 36.0 Å². The molecule has 1 aliphatic rings. The zero-order chi connectivity index (χ0) is 18.6. The van der Waals surface area contributed by atoms with Crippen molar-refractivity contribution in [2.75, 3.05) is 6.54 Å². The van der Waals surface area contributed by atoms with Gasteiger partial charge in [0, 0.05) is 24.6 Å². The predicted molar refractivity (Wildman–Crippen MR) is 104 cm³/mol. The maximum atomic E-state index is 13.1. The normalized spacial score (nSPS) is 16.9. The topological polar surface area (TPSA) is 89.7 Å². The lowest BCUT2D eigenvalue weighted by atomic mass is 9.98. The molecule has 0 aromatic carbocycles. The van der Waals surface area contributed by atoms with Crippen LogP contribution in [0, 0.1) is 0 Å². The summed E-state index contributed by atoms with van der Waals surface area (Å²) in [6.07, 6.45) is 10.5. The third-order valence-electron chi connectivity index (χ3n) is 5.02. The number of aromatic nitrogens is 4. The van der Waals surface area contributed by atoms with Crippen LogP contribution in [0.15, 0.2) is 48.7 Å². The smallest absolute Gasteiger partial charge is 0.270 e. The van der Waals surface area contributed by atoms with Crippen LogP contribution in [0.25, 0.3) is 11.0 Å². The SMILES string of the molecule is CCN(C(=O)c1cc2ncccc2[nH]1)[C@@H]1C=C(NCc2cnc[nH]2)CCC1. The highest BCUT2D eigenvalue weighted by Gasteiger charge is 2.25. The minimum absolute atomic E-state index is 0.0200. The van der Waals surface area contributed by atoms with Crippen molar-refractivity contribution in [3.8, 4) is 0 Å². The number of nitrogens with one attached hydrogen (secondary N) is 3. The zero-order valence-corrected chi connectivity index (χ0v) is 15.4. The highest BCUT2D eigenvalue weighted by atomic mass is 16.2. The van der Waals surface area contributed by atoms with E-state index in [4.69, 9.17) is 0 Å². The Morgan fingerprint density at radius 3 is 3.15 bits per heavy atom. The van der Waals surface area contributed by atoms with Crippen molar-refractivity contribution in [2.45, 2.75) is 38.8 Å². The molecule has 0 spiro atoms. The molecule has 7 nitrogen and oxygen atoms in total. The summed E-state index contributed by atoms with van der Waals surface area (Å²) < 4.78 is 0. The van der Waals surface area contributed by atoms with Crippen LogP contribution in [-0.2, 0) is 6.54 Å². The van der Waals surface area contributed by atoms with E-state index in [1.807, 2.05) is 36.2 Å². The van der Waals surface area contributed by atoms with Crippen LogP contribution in [0.2, 0.25) is 0 Å². The lowest BCUT2D eigenvalue weighted by molar-refractivity contribution is 0.0706. The number of carbonyl (C=O) groups is 1. The summed E-state index contributed by atoms with van der Waals surface area (Å²) in [5.41, 5.74) is 4.53. The second-order valence-corrected chi connectivity index (χ2v) is 6.79. The van der Waals surface area contributed by atoms with E-state index in [1.54, 1.807) is 12.5 Å². The molecule has 1 amide bonds. The summed E-state index contributed by atoms with van der Waals surface area (Å²) in [7, 11) is 0. The highest BCUT2D eigenvalue weighted by molar-refractivity contribution is 5.97. The molecule has 4 rings (SSSR count). The first-order valence-electron chi connectivity index (χ1n) is 9.41. The molecule has 3 aromatic heterocycles. The van der Waals surface area contributed by atoms with Crippen molar-refractivity contribution in [3.63, 3.8) is 0 Å². The first-order chi connectivity index (χ1) is 13.2. The van der Waals surface area contributed by atoms with E-state index >= 15 is 0 Å². The fraction of sp³-hybridized carbons (Fsp3) is 0.350. The van der Waals surface area contributed by atoms with Gasteiger partial charge in [0.05, 0.1) is 35.6 Å². The van der Waals surface area contributed by atoms with Crippen LogP contribution < -0.4 is 5.32 Å². The van der Waals surface area contributed by atoms with Crippen LogP contribution in [0.5, 0.6) is 0 Å². The number of carbonyl (C=O) groups excluding carboxylic acids is 1. The number of nitrogens with zero attached hydrogens (tertiary/aromatic N) is 3. The van der Waals surface area contributed by atoms with Crippen molar-refractivity contribution < 1.29 is 4.79 Å². The zero-order valence-electron chi connectivity index (χ0n) is 15.4. The third-order valence-corrected chi connectivity index (χ3v) is 5.02. The Kier molecular flexibility index (Phi) is 4.91. The fourth-order valence-electron chi connectivity index (χ4n) is 3.64. The third kappa shape index (κ3) is 3.72. The molecule has 1 aliphatic carbocycles. The number of H-pyrrole nitrogens is 2. The van der Waals surface area contributed by atoms with Crippen molar-refractivity contribution in [1.82, 2.24) is 30.2 Å². The van der Waals surface area contributed by atoms with Gasteiger partial charge in [0.15, 0.2) is 0 Å². The Morgan fingerprint density at radius 1 is 1.44 bits per heavy atom. The number of fused-ring (bicyclic) bond motifs is 1. The maximum absolute atomic E-state index is 13.1. The molecule has 7 heteroatoms. The molecule has 1 atom stereocenters. The van der Waals surface area contributed by atoms with Crippen LogP contribution >= 0.6 is 0 Å². The fourth-order valence-corrected chi connectivity index (χ4v) is 3.64. The number of pyridine rings is 1. The number of amides is 1. The van der Waals surface area contributed by atoms with Crippen molar-refractivity contribution in [1.29, 1.82) is 0 Å². The lowest BCUT2D eigenvalue weighted by Crippen LogP contribution is -2.41. The summed E-state index contributed by atoms with van der Waals surface area (Å²) in [4.78, 5) is 29.7. The average molecular weight is 364 g/mol. The molecule has 140 valence electrons. The van der Waals surface area contributed by atoms with Gasteiger partial charge in [0.25, 0.3) is 5.91 Å². The number of aromatic amines is 2. The van der Waals surface area contributed by atoms with Crippen LogP contribution in [0.4, 0.5) is 0 Å². The van der Waals surface area contributed by atoms with Gasteiger partial charge >= 0.3 is 0 Å². The second kappa shape index (κ2) is 7.65. The largest absolute Gasteiger partial charge is 0.383 e. The summed E-state index contributed by atoms with van der Waals surface area (Å²) in [5, 5.41) is 3.47. The molecule has 0 unspecified atom stereocenters. The molecule has 3 heterocycles. The average Bonchev–Trinajstić information content (AvgIpc) is 3.37. The standard InChI is InChI=1S/C20H24N6O/c1-2-26(20(27)19-10-18-17(25-19)7-4-8-22-18)16-6-3-5-14(9-16)23-12-15-11-21-13-24-15/h4,7-11,13,16,23,25H,2-3,5-6,12H2,1H3,(H,21,24)/t16-/m0/s1. The Labute approximate surface area is 157 Å². The highest BCUT2D eigenvalue weighted by Crippen LogP contribution is 2.23. The van der Waals surface area contributed by atoms with Gasteiger partial charge < -0.3 is 20.2 Å². The van der Waals surface area contributed by atoms with E-state index in [-0.39, 0.29) is 11.9 Å². The predicted octanol–water partition coefficient (Wildman–Crippen LogP) is 2.97. The van der Waals surface area contributed by atoms with Crippen LogP contribution in [-0.4, -0.2) is 43.3 Å². The Balaban J connectivity index is 1.50. The quantitative estimate of drug-likeness (QED) is 0.627. The Morgan fingerprint density at radius 2 is 2.37 bits per heavy atom. The van der Waals surface area contributed by atoms with Crippen molar-refractivity contribution in [3.05, 3.63) is 60.1 Å². The first kappa shape index (κ1) is 17.3. The van der Waals surface area contributed by atoms with Gasteiger partial charge in [0.2, 0.25) is 0 Å². The molecular formula is C20H24N6O. The number of hydrogen-bond acceptors (Lipinski definition) is 4. The molecular weight excluding hydrogens is 340 g/mol. The molecule has 0 fully saturated rings. The van der Waals surface area contributed by atoms with Crippen LogP contribution in [0.1, 0.15) is 42.4 Å². The lowest BCUT2D eigenvalue weighted by Gasteiger charge is -2.32. The van der Waals surface area contributed by atoms with Crippen molar-refractivity contribution >= 4 is 16.9 Å². The van der Waals surface area contributed by atoms with Gasteiger partial charge in [-0.2, -0.15) is 0 Å². The number of hydrogen-bond donors (Lipinski definition) is 3. The number of allylic oxidation sites excluding steroid dienone is 1. The van der Waals surface area contributed by atoms with Crippen LogP contribution in [0.3, 0.4) is 0 Å². The molecule has 3 aromatic rings. The van der Waals surface area contributed by atoms with E-state index in [0.29, 0.717) is 18.8 Å². The molecule has 0 bridgehead atoms. The molecule has 0 radical (unpaired) electrons. The number of likely N-dealkylation sites (N-methyl/N-ethyl adjacent to an activating group) is 1. The van der Waals surface area contributed by atoms with Crippen molar-refractivity contribution in [2.24, 2.45) is 0 Å². The molecule has 0 aliphatic heterocycles. The summed E-state index contributed by atoms with van der Waals surface area (Å²) in [5.74, 6) is 0.0200. The number of imidazole rings is 1. The van der Waals surface area contributed by atoms with Gasteiger partial charge in [-0.15, -0.1) is 0 Å². The molecule has 0 saturated carbocycles. The molecule has 3 N–H and O–H groups in total. The van der Waals surface area contributed by atoms with Gasteiger partial charge in [0.1, 0.15) is 5.69 Å². The Hall–Kier alpha value is -3.09. The number of rotatable bonds is 6. The van der Waals surface area contributed by atoms with Gasteiger partial charge in [-0.3, -0.25) is 9.78 Å². The summed E-state index contributed by atoms with van der Waals surface area (Å²) in [6, 6.07) is 5.74. The second-order valence-electron chi connectivity index (χ2n) is 6.79. The molecule has 0 saturated heterocycles. The maximum Gasteiger partial charge on any atom is 0.270 e. The monoisotopic (exact) mass is 364 g/mol. The van der Waals surface area contributed by atoms with E-state index in [9.17, 15) is 4.79 Å². The summed E-state index contributed by atoms with van der Waals surface area (Å²) in [6.45, 7) is 3.40. The van der Waals surface area contributed by atoms with E-state index < -0.39 is 0 Å².